The number of carbonyl (C=O) groups is 2. The van der Waals surface area contributed by atoms with Crippen molar-refractivity contribution < 1.29 is 18.7 Å². The monoisotopic (exact) mass is 579 g/mol. The Balaban J connectivity index is 1.34. The van der Waals surface area contributed by atoms with Gasteiger partial charge in [0.1, 0.15) is 17.3 Å². The number of amides is 2. The highest BCUT2D eigenvalue weighted by Gasteiger charge is 2.14. The average Bonchev–Trinajstić information content (AvgIpc) is 3.39. The van der Waals surface area contributed by atoms with Crippen LogP contribution in [0.5, 0.6) is 5.75 Å². The Kier molecular flexibility index (Phi) is 9.03. The number of hydrogen-bond acceptors (Lipinski definition) is 5. The minimum atomic E-state index is -0.445. The van der Waals surface area contributed by atoms with Gasteiger partial charge < -0.3 is 19.8 Å². The van der Waals surface area contributed by atoms with Crippen LogP contribution in [-0.2, 0) is 4.79 Å². The summed E-state index contributed by atoms with van der Waals surface area (Å²) < 4.78 is 11.2. The SMILES string of the molecule is COc1cc(NC(=S)NC(=O)/C=C/c2ccc(-c3ccc(C)c(Cl)c3)o2)ccc1NC(=O)c1ccccc1Cl. The average molecular weight is 580 g/mol. The number of thiocarbonyl (C=S) groups is 1. The number of rotatable bonds is 7. The van der Waals surface area contributed by atoms with E-state index < -0.39 is 5.91 Å². The first-order valence-electron chi connectivity index (χ1n) is 11.6. The van der Waals surface area contributed by atoms with Crippen molar-refractivity contribution in [2.45, 2.75) is 6.92 Å². The zero-order chi connectivity index (χ0) is 27.9. The third-order valence-electron chi connectivity index (χ3n) is 5.54. The van der Waals surface area contributed by atoms with Crippen molar-refractivity contribution in [3.8, 4) is 17.1 Å². The number of hydrogen-bond donors (Lipinski definition) is 3. The van der Waals surface area contributed by atoms with Crippen LogP contribution < -0.4 is 20.7 Å². The predicted octanol–water partition coefficient (Wildman–Crippen LogP) is 7.35. The number of carbonyl (C=O) groups excluding carboxylic acids is 2. The number of anilines is 2. The quantitative estimate of drug-likeness (QED) is 0.156. The summed E-state index contributed by atoms with van der Waals surface area (Å²) in [5.41, 5.74) is 3.14. The van der Waals surface area contributed by atoms with Crippen LogP contribution in [-0.4, -0.2) is 24.0 Å². The van der Waals surface area contributed by atoms with Crippen LogP contribution in [0.4, 0.5) is 11.4 Å². The smallest absolute Gasteiger partial charge is 0.257 e. The molecule has 0 aliphatic carbocycles. The lowest BCUT2D eigenvalue weighted by Gasteiger charge is -2.14. The van der Waals surface area contributed by atoms with Crippen LogP contribution in [0.15, 0.2) is 83.3 Å². The van der Waals surface area contributed by atoms with E-state index in [1.54, 1.807) is 54.6 Å². The molecule has 0 fully saturated rings. The first-order chi connectivity index (χ1) is 18.7. The summed E-state index contributed by atoms with van der Waals surface area (Å²) in [6.45, 7) is 1.93. The number of aryl methyl sites for hydroxylation is 1. The molecule has 198 valence electrons. The van der Waals surface area contributed by atoms with Crippen molar-refractivity contribution in [3.05, 3.63) is 106 Å². The Morgan fingerprint density at radius 1 is 0.949 bits per heavy atom. The van der Waals surface area contributed by atoms with Gasteiger partial charge in [-0.05, 0) is 73.2 Å². The van der Waals surface area contributed by atoms with Gasteiger partial charge in [0, 0.05) is 28.4 Å². The minimum Gasteiger partial charge on any atom is -0.494 e. The van der Waals surface area contributed by atoms with Gasteiger partial charge in [-0.3, -0.25) is 14.9 Å². The fourth-order valence-corrected chi connectivity index (χ4v) is 4.15. The Hall–Kier alpha value is -4.11. The van der Waals surface area contributed by atoms with Gasteiger partial charge in [0.05, 0.1) is 23.4 Å². The second-order valence-corrected chi connectivity index (χ2v) is 9.51. The van der Waals surface area contributed by atoms with Gasteiger partial charge in [-0.25, -0.2) is 0 Å². The molecule has 0 unspecified atom stereocenters. The molecule has 7 nitrogen and oxygen atoms in total. The fourth-order valence-electron chi connectivity index (χ4n) is 3.52. The lowest BCUT2D eigenvalue weighted by Crippen LogP contribution is -2.32. The van der Waals surface area contributed by atoms with Crippen molar-refractivity contribution in [2.24, 2.45) is 0 Å². The van der Waals surface area contributed by atoms with Crippen molar-refractivity contribution in [3.63, 3.8) is 0 Å². The van der Waals surface area contributed by atoms with Crippen LogP contribution in [0.2, 0.25) is 10.0 Å². The molecule has 0 spiro atoms. The lowest BCUT2D eigenvalue weighted by molar-refractivity contribution is -0.115. The van der Waals surface area contributed by atoms with E-state index in [-0.39, 0.29) is 11.0 Å². The highest BCUT2D eigenvalue weighted by Crippen LogP contribution is 2.29. The summed E-state index contributed by atoms with van der Waals surface area (Å²) in [5.74, 6) is 0.697. The summed E-state index contributed by atoms with van der Waals surface area (Å²) >= 11 is 17.6. The number of furan rings is 1. The van der Waals surface area contributed by atoms with Crippen LogP contribution in [0.3, 0.4) is 0 Å². The van der Waals surface area contributed by atoms with E-state index in [4.69, 9.17) is 44.6 Å². The summed E-state index contributed by atoms with van der Waals surface area (Å²) in [5, 5.41) is 9.33. The molecule has 39 heavy (non-hydrogen) atoms. The summed E-state index contributed by atoms with van der Waals surface area (Å²) in [4.78, 5) is 25.0. The second kappa shape index (κ2) is 12.6. The van der Waals surface area contributed by atoms with Gasteiger partial charge in [-0.2, -0.15) is 0 Å². The molecule has 2 amide bonds. The molecule has 0 atom stereocenters. The van der Waals surface area contributed by atoms with Crippen molar-refractivity contribution in [1.29, 1.82) is 0 Å². The molecular formula is C29H23Cl2N3O4S. The molecule has 0 saturated carbocycles. The maximum Gasteiger partial charge on any atom is 0.257 e. The summed E-state index contributed by atoms with van der Waals surface area (Å²) in [7, 11) is 1.47. The topological polar surface area (TPSA) is 92.6 Å². The maximum atomic E-state index is 12.6. The first kappa shape index (κ1) is 27.9. The van der Waals surface area contributed by atoms with E-state index in [0.717, 1.165) is 11.1 Å². The molecule has 1 aromatic heterocycles. The molecule has 0 aliphatic rings. The lowest BCUT2D eigenvalue weighted by atomic mass is 10.1. The molecule has 4 rings (SSSR count). The van der Waals surface area contributed by atoms with Gasteiger partial charge in [-0.15, -0.1) is 0 Å². The number of methoxy groups -OCH3 is 1. The van der Waals surface area contributed by atoms with Crippen LogP contribution in [0.1, 0.15) is 21.7 Å². The van der Waals surface area contributed by atoms with Crippen LogP contribution in [0.25, 0.3) is 17.4 Å². The molecule has 0 aliphatic heterocycles. The predicted molar refractivity (Wildman–Crippen MR) is 160 cm³/mol. The Bertz CT molecular complexity index is 1580. The van der Waals surface area contributed by atoms with E-state index in [9.17, 15) is 9.59 Å². The highest BCUT2D eigenvalue weighted by molar-refractivity contribution is 7.80. The summed E-state index contributed by atoms with van der Waals surface area (Å²) in [6.07, 6.45) is 2.85. The molecule has 10 heteroatoms. The zero-order valence-electron chi connectivity index (χ0n) is 20.9. The van der Waals surface area contributed by atoms with E-state index in [1.165, 1.54) is 19.3 Å². The Labute approximate surface area is 240 Å². The third kappa shape index (κ3) is 7.26. The molecule has 3 aromatic carbocycles. The second-order valence-electron chi connectivity index (χ2n) is 8.29. The molecule has 0 saturated heterocycles. The molecule has 1 heterocycles. The van der Waals surface area contributed by atoms with Crippen molar-refractivity contribution >= 4 is 69.8 Å². The van der Waals surface area contributed by atoms with Gasteiger partial charge >= 0.3 is 0 Å². The third-order valence-corrected chi connectivity index (χ3v) is 6.49. The van der Waals surface area contributed by atoms with Gasteiger partial charge in [0.25, 0.3) is 5.91 Å². The van der Waals surface area contributed by atoms with E-state index in [2.05, 4.69) is 16.0 Å². The largest absolute Gasteiger partial charge is 0.494 e. The van der Waals surface area contributed by atoms with Crippen molar-refractivity contribution in [2.75, 3.05) is 17.7 Å². The first-order valence-corrected chi connectivity index (χ1v) is 12.8. The zero-order valence-corrected chi connectivity index (χ0v) is 23.2. The Morgan fingerprint density at radius 2 is 1.74 bits per heavy atom. The maximum absolute atomic E-state index is 12.6. The number of benzene rings is 3. The van der Waals surface area contributed by atoms with Crippen LogP contribution in [0, 0.1) is 6.92 Å². The molecule has 0 radical (unpaired) electrons. The molecule has 0 bridgehead atoms. The number of halogens is 2. The normalized spacial score (nSPS) is 10.8. The van der Waals surface area contributed by atoms with Crippen LogP contribution >= 0.6 is 35.4 Å². The van der Waals surface area contributed by atoms with Crippen molar-refractivity contribution in [1.82, 2.24) is 5.32 Å². The number of nitrogens with one attached hydrogen (secondary N) is 3. The Morgan fingerprint density at radius 3 is 2.49 bits per heavy atom. The minimum absolute atomic E-state index is 0.0778. The summed E-state index contributed by atoms with van der Waals surface area (Å²) in [6, 6.07) is 20.9. The highest BCUT2D eigenvalue weighted by atomic mass is 35.5. The molecular weight excluding hydrogens is 557 g/mol. The van der Waals surface area contributed by atoms with E-state index >= 15 is 0 Å². The standard InChI is InChI=1S/C29H23Cl2N3O4S/c1-17-7-8-18(15-23(17)31)25-13-10-20(38-25)11-14-27(35)34-29(39)32-19-9-12-24(26(16-19)37-2)33-28(36)21-5-3-4-6-22(21)30/h3-16H,1-2H3,(H,33,36)(H2,32,34,35,39)/b14-11+. The van der Waals surface area contributed by atoms with Gasteiger partial charge in [0.2, 0.25) is 5.91 Å². The van der Waals surface area contributed by atoms with E-state index in [0.29, 0.717) is 44.3 Å². The molecule has 3 N–H and O–H groups in total. The fraction of sp³-hybridized carbons (Fsp3) is 0.0690. The number of ether oxygens (including phenoxy) is 1. The van der Waals surface area contributed by atoms with Gasteiger partial charge in [-0.1, -0.05) is 47.5 Å². The van der Waals surface area contributed by atoms with Gasteiger partial charge in [0.15, 0.2) is 5.11 Å². The van der Waals surface area contributed by atoms with E-state index in [1.807, 2.05) is 25.1 Å². The molecule has 4 aromatic rings.